The van der Waals surface area contributed by atoms with Gasteiger partial charge in [0.1, 0.15) is 11.6 Å². The monoisotopic (exact) mass is 249 g/mol. The highest BCUT2D eigenvalue weighted by Crippen LogP contribution is 2.23. The molecule has 0 aliphatic carbocycles. The van der Waals surface area contributed by atoms with Gasteiger partial charge in [0.25, 0.3) is 0 Å². The number of rotatable bonds is 5. The van der Waals surface area contributed by atoms with Crippen molar-refractivity contribution in [1.82, 2.24) is 14.9 Å². The molecule has 18 heavy (non-hydrogen) atoms. The van der Waals surface area contributed by atoms with Gasteiger partial charge >= 0.3 is 0 Å². The van der Waals surface area contributed by atoms with E-state index in [1.165, 1.54) is 0 Å². The van der Waals surface area contributed by atoms with Gasteiger partial charge in [-0.1, -0.05) is 6.92 Å². The molecule has 3 N–H and O–H groups in total. The van der Waals surface area contributed by atoms with Crippen LogP contribution in [0, 0.1) is 0 Å². The predicted octanol–water partition coefficient (Wildman–Crippen LogP) is 1.64. The number of aromatic nitrogens is 2. The van der Waals surface area contributed by atoms with Gasteiger partial charge in [-0.2, -0.15) is 0 Å². The number of benzene rings is 1. The van der Waals surface area contributed by atoms with Gasteiger partial charge in [-0.3, -0.25) is 4.90 Å². The normalized spacial score (nSPS) is 13.3. The van der Waals surface area contributed by atoms with Gasteiger partial charge in [0.05, 0.1) is 23.7 Å². The minimum Gasteiger partial charge on any atom is -0.508 e. The van der Waals surface area contributed by atoms with Crippen LogP contribution in [-0.2, 0) is 0 Å². The Bertz CT molecular complexity index is 524. The zero-order valence-corrected chi connectivity index (χ0v) is 10.7. The molecule has 0 radical (unpaired) electrons. The van der Waals surface area contributed by atoms with E-state index >= 15 is 0 Å². The van der Waals surface area contributed by atoms with Gasteiger partial charge in [0.2, 0.25) is 0 Å². The molecule has 5 nitrogen and oxygen atoms in total. The minimum absolute atomic E-state index is 0.108. The van der Waals surface area contributed by atoms with Crippen LogP contribution in [0.4, 0.5) is 0 Å². The lowest BCUT2D eigenvalue weighted by Gasteiger charge is -2.25. The molecular weight excluding hydrogens is 230 g/mol. The van der Waals surface area contributed by atoms with E-state index in [1.54, 1.807) is 18.2 Å². The van der Waals surface area contributed by atoms with E-state index in [2.05, 4.69) is 28.7 Å². The van der Waals surface area contributed by atoms with Crippen LogP contribution in [0.3, 0.4) is 0 Å². The summed E-state index contributed by atoms with van der Waals surface area (Å²) in [6, 6.07) is 5.19. The smallest absolute Gasteiger partial charge is 0.124 e. The topological polar surface area (TPSA) is 72.4 Å². The second-order valence-corrected chi connectivity index (χ2v) is 4.35. The van der Waals surface area contributed by atoms with E-state index in [0.29, 0.717) is 6.54 Å². The van der Waals surface area contributed by atoms with E-state index < -0.39 is 0 Å². The molecule has 0 bridgehead atoms. The Kier molecular flexibility index (Phi) is 3.84. The predicted molar refractivity (Wildman–Crippen MR) is 70.5 cm³/mol. The number of imidazole rings is 1. The summed E-state index contributed by atoms with van der Waals surface area (Å²) in [6.45, 7) is 5.72. The van der Waals surface area contributed by atoms with Gasteiger partial charge < -0.3 is 15.2 Å². The third kappa shape index (κ3) is 2.47. The number of hydrogen-bond acceptors (Lipinski definition) is 4. The van der Waals surface area contributed by atoms with E-state index in [0.717, 1.165) is 23.4 Å². The highest BCUT2D eigenvalue weighted by molar-refractivity contribution is 5.76. The first kappa shape index (κ1) is 12.9. The lowest BCUT2D eigenvalue weighted by Crippen LogP contribution is -2.30. The maximum atomic E-state index is 9.43. The van der Waals surface area contributed by atoms with Gasteiger partial charge in [-0.25, -0.2) is 4.98 Å². The molecular formula is C13H19N3O2. The van der Waals surface area contributed by atoms with Crippen molar-refractivity contribution in [3.05, 3.63) is 24.0 Å². The van der Waals surface area contributed by atoms with E-state index in [1.807, 2.05) is 0 Å². The molecule has 0 aliphatic heterocycles. The third-order valence-corrected chi connectivity index (χ3v) is 3.22. The number of fused-ring (bicyclic) bond motifs is 1. The molecule has 0 fully saturated rings. The van der Waals surface area contributed by atoms with Crippen molar-refractivity contribution in [3.63, 3.8) is 0 Å². The Morgan fingerprint density at radius 3 is 2.89 bits per heavy atom. The standard InChI is InChI=1S/C13H19N3O2/c1-3-16(6-7-17)9(2)13-14-11-5-4-10(18)8-12(11)15-13/h4-5,8-9,17-18H,3,6-7H2,1-2H3,(H,14,15). The largest absolute Gasteiger partial charge is 0.508 e. The summed E-state index contributed by atoms with van der Waals surface area (Å²) in [6.07, 6.45) is 0. The number of aromatic amines is 1. The number of phenols is 1. The number of nitrogens with one attached hydrogen (secondary N) is 1. The fourth-order valence-corrected chi connectivity index (χ4v) is 2.14. The molecule has 0 saturated heterocycles. The molecule has 1 aromatic carbocycles. The molecule has 0 amide bonds. The summed E-state index contributed by atoms with van der Waals surface area (Å²) in [7, 11) is 0. The van der Waals surface area contributed by atoms with Crippen LogP contribution >= 0.6 is 0 Å². The minimum atomic E-state index is 0.108. The van der Waals surface area contributed by atoms with Gasteiger partial charge in [-0.05, 0) is 25.6 Å². The fraction of sp³-hybridized carbons (Fsp3) is 0.462. The van der Waals surface area contributed by atoms with Crippen molar-refractivity contribution in [2.45, 2.75) is 19.9 Å². The number of aromatic hydroxyl groups is 1. The molecule has 98 valence electrons. The van der Waals surface area contributed by atoms with Crippen LogP contribution in [-0.4, -0.2) is 44.8 Å². The fourth-order valence-electron chi connectivity index (χ4n) is 2.14. The second kappa shape index (κ2) is 5.37. The molecule has 0 spiro atoms. The molecule has 1 atom stereocenters. The number of nitrogens with zero attached hydrogens (tertiary/aromatic N) is 2. The van der Waals surface area contributed by atoms with Crippen molar-refractivity contribution < 1.29 is 10.2 Å². The number of aliphatic hydroxyl groups is 1. The quantitative estimate of drug-likeness (QED) is 0.753. The molecule has 0 aliphatic rings. The average Bonchev–Trinajstić information content (AvgIpc) is 2.77. The number of phenolic OH excluding ortho intramolecular Hbond substituents is 1. The van der Waals surface area contributed by atoms with Gasteiger partial charge in [0, 0.05) is 12.6 Å². The maximum absolute atomic E-state index is 9.43. The van der Waals surface area contributed by atoms with Crippen LogP contribution in [0.25, 0.3) is 11.0 Å². The first-order chi connectivity index (χ1) is 8.65. The van der Waals surface area contributed by atoms with Crippen LogP contribution in [0.1, 0.15) is 25.7 Å². The summed E-state index contributed by atoms with van der Waals surface area (Å²) in [5.41, 5.74) is 1.67. The molecule has 2 aromatic rings. The Morgan fingerprint density at radius 2 is 2.22 bits per heavy atom. The molecule has 0 saturated carbocycles. The van der Waals surface area contributed by atoms with Crippen molar-refractivity contribution in [2.24, 2.45) is 0 Å². The number of likely N-dealkylation sites (N-methyl/N-ethyl adjacent to an activating group) is 1. The first-order valence-electron chi connectivity index (χ1n) is 6.19. The highest BCUT2D eigenvalue weighted by atomic mass is 16.3. The summed E-state index contributed by atoms with van der Waals surface area (Å²) < 4.78 is 0. The number of hydrogen-bond donors (Lipinski definition) is 3. The lowest BCUT2D eigenvalue weighted by atomic mass is 10.2. The molecule has 1 unspecified atom stereocenters. The van der Waals surface area contributed by atoms with Crippen molar-refractivity contribution in [2.75, 3.05) is 19.7 Å². The van der Waals surface area contributed by atoms with Crippen molar-refractivity contribution in [1.29, 1.82) is 0 Å². The maximum Gasteiger partial charge on any atom is 0.124 e. The summed E-state index contributed by atoms with van der Waals surface area (Å²) in [4.78, 5) is 9.87. The number of H-pyrrole nitrogens is 1. The van der Waals surface area contributed by atoms with Crippen LogP contribution in [0.5, 0.6) is 5.75 Å². The van der Waals surface area contributed by atoms with Gasteiger partial charge in [-0.15, -0.1) is 0 Å². The van der Waals surface area contributed by atoms with E-state index in [4.69, 9.17) is 5.11 Å². The summed E-state index contributed by atoms with van der Waals surface area (Å²) in [5.74, 6) is 1.08. The molecule has 1 aromatic heterocycles. The number of aliphatic hydroxyl groups excluding tert-OH is 1. The van der Waals surface area contributed by atoms with Crippen LogP contribution < -0.4 is 0 Å². The zero-order valence-electron chi connectivity index (χ0n) is 10.7. The Hall–Kier alpha value is -1.59. The molecule has 2 rings (SSSR count). The van der Waals surface area contributed by atoms with Crippen LogP contribution in [0.2, 0.25) is 0 Å². The Labute approximate surface area is 106 Å². The molecule has 1 heterocycles. The SMILES string of the molecule is CCN(CCO)C(C)c1nc2ccc(O)cc2[nH]1. The average molecular weight is 249 g/mol. The summed E-state index contributed by atoms with van der Waals surface area (Å²) >= 11 is 0. The third-order valence-electron chi connectivity index (χ3n) is 3.22. The second-order valence-electron chi connectivity index (χ2n) is 4.35. The van der Waals surface area contributed by atoms with Crippen molar-refractivity contribution in [3.8, 4) is 5.75 Å². The van der Waals surface area contributed by atoms with E-state index in [-0.39, 0.29) is 18.4 Å². The van der Waals surface area contributed by atoms with Crippen LogP contribution in [0.15, 0.2) is 18.2 Å². The Morgan fingerprint density at radius 1 is 1.44 bits per heavy atom. The van der Waals surface area contributed by atoms with E-state index in [9.17, 15) is 5.11 Å². The summed E-state index contributed by atoms with van der Waals surface area (Å²) in [5, 5.41) is 18.5. The zero-order chi connectivity index (χ0) is 13.1. The van der Waals surface area contributed by atoms with Gasteiger partial charge in [0.15, 0.2) is 0 Å². The Balaban J connectivity index is 2.29. The first-order valence-corrected chi connectivity index (χ1v) is 6.19. The molecule has 5 heteroatoms. The highest BCUT2D eigenvalue weighted by Gasteiger charge is 2.17. The van der Waals surface area contributed by atoms with Crippen molar-refractivity contribution >= 4 is 11.0 Å². The lowest BCUT2D eigenvalue weighted by molar-refractivity contribution is 0.161.